The molecule has 0 radical (unpaired) electrons. The number of aromatic amines is 1. The number of anilines is 1. The van der Waals surface area contributed by atoms with Gasteiger partial charge in [0.1, 0.15) is 5.82 Å². The maximum absolute atomic E-state index is 11.4. The molecule has 0 saturated carbocycles. The SMILES string of the molecule is COC(=O)N(OC)c1cnc(C)[nH]c1=O. The average molecular weight is 213 g/mol. The van der Waals surface area contributed by atoms with E-state index in [0.717, 1.165) is 0 Å². The summed E-state index contributed by atoms with van der Waals surface area (Å²) in [5, 5.41) is 0.714. The Morgan fingerprint density at radius 1 is 1.53 bits per heavy atom. The lowest BCUT2D eigenvalue weighted by molar-refractivity contribution is 0.115. The first kappa shape index (κ1) is 11.2. The van der Waals surface area contributed by atoms with Gasteiger partial charge in [0.15, 0.2) is 5.69 Å². The Bertz CT molecular complexity index is 415. The van der Waals surface area contributed by atoms with E-state index in [1.807, 2.05) is 0 Å². The van der Waals surface area contributed by atoms with E-state index in [-0.39, 0.29) is 5.69 Å². The third-order valence-electron chi connectivity index (χ3n) is 1.65. The first-order valence-electron chi connectivity index (χ1n) is 4.08. The molecule has 0 fully saturated rings. The van der Waals surface area contributed by atoms with Crippen LogP contribution in [0, 0.1) is 6.92 Å². The van der Waals surface area contributed by atoms with Crippen molar-refractivity contribution < 1.29 is 14.4 Å². The van der Waals surface area contributed by atoms with Crippen molar-refractivity contribution >= 4 is 11.8 Å². The Balaban J connectivity index is 3.13. The van der Waals surface area contributed by atoms with Crippen LogP contribution in [-0.2, 0) is 9.57 Å². The number of carbonyl (C=O) groups excluding carboxylic acids is 1. The molecule has 0 aromatic carbocycles. The van der Waals surface area contributed by atoms with Gasteiger partial charge in [-0.05, 0) is 6.92 Å². The molecule has 0 spiro atoms. The fourth-order valence-electron chi connectivity index (χ4n) is 0.976. The number of rotatable bonds is 2. The molecule has 1 aromatic heterocycles. The number of hydrogen-bond acceptors (Lipinski definition) is 5. The Labute approximate surface area is 85.6 Å². The van der Waals surface area contributed by atoms with E-state index in [1.165, 1.54) is 20.4 Å². The van der Waals surface area contributed by atoms with Crippen molar-refractivity contribution in [1.29, 1.82) is 0 Å². The summed E-state index contributed by atoms with van der Waals surface area (Å²) >= 11 is 0. The minimum atomic E-state index is -0.798. The van der Waals surface area contributed by atoms with Crippen LogP contribution in [0.5, 0.6) is 0 Å². The summed E-state index contributed by atoms with van der Waals surface area (Å²) in [5.41, 5.74) is -0.510. The zero-order valence-corrected chi connectivity index (χ0v) is 8.60. The molecule has 0 aliphatic heterocycles. The summed E-state index contributed by atoms with van der Waals surface area (Å²) in [6, 6.07) is 0. The van der Waals surface area contributed by atoms with Crippen LogP contribution < -0.4 is 10.6 Å². The van der Waals surface area contributed by atoms with E-state index in [9.17, 15) is 9.59 Å². The molecule has 1 amide bonds. The largest absolute Gasteiger partial charge is 0.451 e. The van der Waals surface area contributed by atoms with Gasteiger partial charge in [-0.2, -0.15) is 0 Å². The summed E-state index contributed by atoms with van der Waals surface area (Å²) in [5.74, 6) is 0.449. The fraction of sp³-hybridized carbons (Fsp3) is 0.375. The zero-order valence-electron chi connectivity index (χ0n) is 8.60. The highest BCUT2D eigenvalue weighted by Crippen LogP contribution is 2.07. The number of ether oxygens (including phenoxy) is 1. The zero-order chi connectivity index (χ0) is 11.4. The normalized spacial score (nSPS) is 9.80. The molecule has 0 aliphatic rings. The van der Waals surface area contributed by atoms with Crippen LogP contribution in [0.4, 0.5) is 10.5 Å². The maximum Gasteiger partial charge on any atom is 0.438 e. The first-order valence-corrected chi connectivity index (χ1v) is 4.08. The van der Waals surface area contributed by atoms with Crippen LogP contribution in [0.1, 0.15) is 5.82 Å². The van der Waals surface area contributed by atoms with E-state index >= 15 is 0 Å². The number of nitrogens with one attached hydrogen (secondary N) is 1. The highest BCUT2D eigenvalue weighted by molar-refractivity contribution is 5.84. The van der Waals surface area contributed by atoms with Gasteiger partial charge < -0.3 is 9.72 Å². The van der Waals surface area contributed by atoms with Crippen LogP contribution >= 0.6 is 0 Å². The van der Waals surface area contributed by atoms with Crippen LogP contribution in [0.3, 0.4) is 0 Å². The van der Waals surface area contributed by atoms with Crippen LogP contribution in [0.25, 0.3) is 0 Å². The summed E-state index contributed by atoms with van der Waals surface area (Å²) in [4.78, 5) is 33.6. The van der Waals surface area contributed by atoms with Gasteiger partial charge in [-0.15, -0.1) is 5.06 Å². The molecule has 1 aromatic rings. The van der Waals surface area contributed by atoms with Gasteiger partial charge in [0, 0.05) is 0 Å². The molecule has 1 rings (SSSR count). The predicted octanol–water partition coefficient (Wildman–Crippen LogP) is 0.213. The van der Waals surface area contributed by atoms with Gasteiger partial charge in [0.05, 0.1) is 20.4 Å². The van der Waals surface area contributed by atoms with Crippen LogP contribution in [0.2, 0.25) is 0 Å². The molecular formula is C8H11N3O4. The monoisotopic (exact) mass is 213 g/mol. The lowest BCUT2D eigenvalue weighted by atomic mass is 10.5. The topological polar surface area (TPSA) is 84.5 Å². The highest BCUT2D eigenvalue weighted by Gasteiger charge is 2.19. The molecule has 7 heteroatoms. The minimum absolute atomic E-state index is 0.0325. The second kappa shape index (κ2) is 4.56. The van der Waals surface area contributed by atoms with Crippen molar-refractivity contribution in [3.8, 4) is 0 Å². The smallest absolute Gasteiger partial charge is 0.438 e. The van der Waals surface area contributed by atoms with Crippen molar-refractivity contribution in [3.05, 3.63) is 22.4 Å². The molecule has 15 heavy (non-hydrogen) atoms. The second-order valence-electron chi connectivity index (χ2n) is 2.63. The highest BCUT2D eigenvalue weighted by atomic mass is 16.7. The lowest BCUT2D eigenvalue weighted by Crippen LogP contribution is -2.34. The minimum Gasteiger partial charge on any atom is -0.451 e. The molecule has 1 N–H and O–H groups in total. The Morgan fingerprint density at radius 3 is 2.67 bits per heavy atom. The van der Waals surface area contributed by atoms with Gasteiger partial charge in [0.25, 0.3) is 5.56 Å². The Morgan fingerprint density at radius 2 is 2.20 bits per heavy atom. The average Bonchev–Trinajstić information content (AvgIpc) is 2.21. The van der Waals surface area contributed by atoms with E-state index in [1.54, 1.807) is 6.92 Å². The number of aromatic nitrogens is 2. The fourth-order valence-corrected chi connectivity index (χ4v) is 0.976. The molecule has 0 aliphatic carbocycles. The first-order chi connectivity index (χ1) is 7.10. The molecule has 0 bridgehead atoms. The number of H-pyrrole nitrogens is 1. The van der Waals surface area contributed by atoms with E-state index in [2.05, 4.69) is 14.7 Å². The second-order valence-corrected chi connectivity index (χ2v) is 2.63. The number of nitrogens with zero attached hydrogens (tertiary/aromatic N) is 2. The molecule has 82 valence electrons. The Kier molecular flexibility index (Phi) is 3.40. The molecular weight excluding hydrogens is 202 g/mol. The maximum atomic E-state index is 11.4. The van der Waals surface area contributed by atoms with Gasteiger partial charge >= 0.3 is 6.09 Å². The number of hydroxylamine groups is 1. The van der Waals surface area contributed by atoms with Crippen molar-refractivity contribution in [2.45, 2.75) is 6.92 Å². The van der Waals surface area contributed by atoms with Crippen molar-refractivity contribution in [2.75, 3.05) is 19.3 Å². The Hall–Kier alpha value is -1.89. The molecule has 7 nitrogen and oxygen atoms in total. The number of hydrogen-bond donors (Lipinski definition) is 1. The van der Waals surface area contributed by atoms with Crippen molar-refractivity contribution in [3.63, 3.8) is 0 Å². The quantitative estimate of drug-likeness (QED) is 0.710. The summed E-state index contributed by atoms with van der Waals surface area (Å²) in [7, 11) is 2.43. The van der Waals surface area contributed by atoms with E-state index < -0.39 is 11.7 Å². The summed E-state index contributed by atoms with van der Waals surface area (Å²) < 4.78 is 4.42. The van der Waals surface area contributed by atoms with Gasteiger partial charge in [-0.1, -0.05) is 0 Å². The van der Waals surface area contributed by atoms with Crippen LogP contribution in [0.15, 0.2) is 11.0 Å². The van der Waals surface area contributed by atoms with Crippen LogP contribution in [-0.4, -0.2) is 30.3 Å². The number of amides is 1. The molecule has 0 atom stereocenters. The van der Waals surface area contributed by atoms with E-state index in [4.69, 9.17) is 4.84 Å². The standard InChI is InChI=1S/C8H11N3O4/c1-5-9-4-6(7(12)10-5)11(15-3)8(13)14-2/h4H,1-3H3,(H,9,10,12). The van der Waals surface area contributed by atoms with Gasteiger partial charge in [-0.25, -0.2) is 9.78 Å². The predicted molar refractivity (Wildman–Crippen MR) is 51.5 cm³/mol. The number of carbonyl (C=O) groups is 1. The third-order valence-corrected chi connectivity index (χ3v) is 1.65. The molecule has 0 saturated heterocycles. The number of methoxy groups -OCH3 is 1. The van der Waals surface area contributed by atoms with Crippen molar-refractivity contribution in [2.24, 2.45) is 0 Å². The van der Waals surface area contributed by atoms with Crippen molar-refractivity contribution in [1.82, 2.24) is 9.97 Å². The summed E-state index contributed by atoms with van der Waals surface area (Å²) in [6.45, 7) is 1.63. The molecule has 0 unspecified atom stereocenters. The van der Waals surface area contributed by atoms with E-state index in [0.29, 0.717) is 10.9 Å². The van der Waals surface area contributed by atoms with Gasteiger partial charge in [-0.3, -0.25) is 9.63 Å². The lowest BCUT2D eigenvalue weighted by Gasteiger charge is -2.16. The van der Waals surface area contributed by atoms with Gasteiger partial charge in [0.2, 0.25) is 0 Å². The molecule has 1 heterocycles. The summed E-state index contributed by atoms with van der Waals surface area (Å²) in [6.07, 6.45) is 0.433. The third kappa shape index (κ3) is 2.32. The number of aryl methyl sites for hydroxylation is 1.